The number of benzene rings is 2. The zero-order valence-corrected chi connectivity index (χ0v) is 12.4. The van der Waals surface area contributed by atoms with Gasteiger partial charge >= 0.3 is 0 Å². The van der Waals surface area contributed by atoms with E-state index in [2.05, 4.69) is 29.4 Å². The van der Waals surface area contributed by atoms with Crippen molar-refractivity contribution in [2.45, 2.75) is 6.92 Å². The third-order valence-electron chi connectivity index (χ3n) is 2.66. The van der Waals surface area contributed by atoms with Crippen molar-refractivity contribution in [3.05, 3.63) is 52.0 Å². The van der Waals surface area contributed by atoms with Gasteiger partial charge in [0.05, 0.1) is 10.2 Å². The van der Waals surface area contributed by atoms with E-state index in [0.29, 0.717) is 10.0 Å². The highest BCUT2D eigenvalue weighted by Gasteiger charge is 2.05. The van der Waals surface area contributed by atoms with Crippen LogP contribution in [-0.4, -0.2) is 4.98 Å². The molecule has 1 heterocycles. The van der Waals surface area contributed by atoms with Crippen LogP contribution >= 0.6 is 34.5 Å². The summed E-state index contributed by atoms with van der Waals surface area (Å²) >= 11 is 13.6. The second-order valence-corrected chi connectivity index (χ2v) is 6.18. The zero-order chi connectivity index (χ0) is 13.4. The van der Waals surface area contributed by atoms with Crippen molar-refractivity contribution in [3.8, 4) is 0 Å². The molecule has 1 aromatic heterocycles. The van der Waals surface area contributed by atoms with E-state index in [9.17, 15) is 0 Å². The van der Waals surface area contributed by atoms with Crippen LogP contribution in [0.2, 0.25) is 10.0 Å². The topological polar surface area (TPSA) is 24.9 Å². The highest BCUT2D eigenvalue weighted by molar-refractivity contribution is 7.22. The number of nitrogens with zero attached hydrogens (tertiary/aromatic N) is 1. The van der Waals surface area contributed by atoms with E-state index in [-0.39, 0.29) is 0 Å². The SMILES string of the molecule is Cc1ccc2nc(Nc3cc(Cl)cc(Cl)c3)sc2c1. The first kappa shape index (κ1) is 12.7. The van der Waals surface area contributed by atoms with E-state index in [1.54, 1.807) is 17.4 Å². The van der Waals surface area contributed by atoms with Gasteiger partial charge < -0.3 is 5.32 Å². The number of aromatic nitrogens is 1. The van der Waals surface area contributed by atoms with Crippen molar-refractivity contribution in [1.82, 2.24) is 4.98 Å². The molecule has 0 aliphatic rings. The Hall–Kier alpha value is -1.29. The first-order valence-corrected chi connectivity index (χ1v) is 7.28. The number of fused-ring (bicyclic) bond motifs is 1. The van der Waals surface area contributed by atoms with Gasteiger partial charge in [0, 0.05) is 15.7 Å². The molecule has 0 fully saturated rings. The minimum Gasteiger partial charge on any atom is -0.331 e. The van der Waals surface area contributed by atoms with Crippen LogP contribution in [0.5, 0.6) is 0 Å². The molecule has 0 saturated carbocycles. The first-order valence-electron chi connectivity index (χ1n) is 5.70. The summed E-state index contributed by atoms with van der Waals surface area (Å²) in [5, 5.41) is 5.27. The van der Waals surface area contributed by atoms with Crippen molar-refractivity contribution in [2.24, 2.45) is 0 Å². The number of hydrogen-bond donors (Lipinski definition) is 1. The molecule has 2 aromatic carbocycles. The maximum absolute atomic E-state index is 5.97. The molecule has 3 rings (SSSR count). The molecular formula is C14H10Cl2N2S. The second kappa shape index (κ2) is 5.00. The summed E-state index contributed by atoms with van der Waals surface area (Å²) in [4.78, 5) is 4.53. The van der Waals surface area contributed by atoms with E-state index in [1.807, 2.05) is 18.2 Å². The van der Waals surface area contributed by atoms with Crippen LogP contribution < -0.4 is 5.32 Å². The van der Waals surface area contributed by atoms with Gasteiger partial charge in [-0.15, -0.1) is 0 Å². The second-order valence-electron chi connectivity index (χ2n) is 4.27. The van der Waals surface area contributed by atoms with Gasteiger partial charge in [0.2, 0.25) is 0 Å². The Morgan fingerprint density at radius 3 is 2.53 bits per heavy atom. The molecule has 0 aliphatic heterocycles. The lowest BCUT2D eigenvalue weighted by Crippen LogP contribution is -1.88. The lowest BCUT2D eigenvalue weighted by atomic mass is 10.2. The van der Waals surface area contributed by atoms with Gasteiger partial charge in [-0.2, -0.15) is 0 Å². The third-order valence-corrected chi connectivity index (χ3v) is 4.03. The lowest BCUT2D eigenvalue weighted by molar-refractivity contribution is 1.43. The van der Waals surface area contributed by atoms with Crippen molar-refractivity contribution in [1.29, 1.82) is 0 Å². The maximum Gasteiger partial charge on any atom is 0.188 e. The third kappa shape index (κ3) is 2.84. The van der Waals surface area contributed by atoms with Gasteiger partial charge in [0.1, 0.15) is 0 Å². The largest absolute Gasteiger partial charge is 0.331 e. The van der Waals surface area contributed by atoms with Gasteiger partial charge in [-0.1, -0.05) is 40.6 Å². The Kier molecular flexibility index (Phi) is 3.35. The Morgan fingerprint density at radius 1 is 1.05 bits per heavy atom. The molecule has 2 nitrogen and oxygen atoms in total. The molecule has 19 heavy (non-hydrogen) atoms. The van der Waals surface area contributed by atoms with Crippen molar-refractivity contribution in [2.75, 3.05) is 5.32 Å². The van der Waals surface area contributed by atoms with Crippen LogP contribution in [0.4, 0.5) is 10.8 Å². The molecule has 5 heteroatoms. The summed E-state index contributed by atoms with van der Waals surface area (Å²) in [5.74, 6) is 0. The summed E-state index contributed by atoms with van der Waals surface area (Å²) in [7, 11) is 0. The van der Waals surface area contributed by atoms with E-state index in [4.69, 9.17) is 23.2 Å². The Bertz CT molecular complexity index is 732. The van der Waals surface area contributed by atoms with Gasteiger partial charge in [-0.25, -0.2) is 4.98 Å². The minimum absolute atomic E-state index is 0.604. The molecule has 0 unspecified atom stereocenters. The molecule has 0 saturated heterocycles. The van der Waals surface area contributed by atoms with E-state index >= 15 is 0 Å². The van der Waals surface area contributed by atoms with E-state index in [0.717, 1.165) is 21.0 Å². The van der Waals surface area contributed by atoms with Crippen LogP contribution in [0.3, 0.4) is 0 Å². The summed E-state index contributed by atoms with van der Waals surface area (Å²) in [6, 6.07) is 11.6. The Morgan fingerprint density at radius 2 is 1.79 bits per heavy atom. The number of halogens is 2. The summed E-state index contributed by atoms with van der Waals surface area (Å²) in [6.45, 7) is 2.07. The van der Waals surface area contributed by atoms with Crippen molar-refractivity contribution >= 4 is 55.6 Å². The zero-order valence-electron chi connectivity index (χ0n) is 10.1. The van der Waals surface area contributed by atoms with Crippen LogP contribution in [-0.2, 0) is 0 Å². The summed E-state index contributed by atoms with van der Waals surface area (Å²) in [5.41, 5.74) is 3.06. The lowest BCUT2D eigenvalue weighted by Gasteiger charge is -2.03. The molecule has 96 valence electrons. The highest BCUT2D eigenvalue weighted by Crippen LogP contribution is 2.30. The molecule has 0 amide bonds. The van der Waals surface area contributed by atoms with Crippen LogP contribution in [0.15, 0.2) is 36.4 Å². The number of aryl methyl sites for hydroxylation is 1. The predicted octanol–water partition coefficient (Wildman–Crippen LogP) is 5.66. The monoisotopic (exact) mass is 308 g/mol. The average Bonchev–Trinajstić information content (AvgIpc) is 2.68. The normalized spacial score (nSPS) is 10.9. The highest BCUT2D eigenvalue weighted by atomic mass is 35.5. The van der Waals surface area contributed by atoms with Crippen LogP contribution in [0, 0.1) is 6.92 Å². The smallest absolute Gasteiger partial charge is 0.188 e. The number of nitrogens with one attached hydrogen (secondary N) is 1. The molecule has 0 atom stereocenters. The predicted molar refractivity (Wildman–Crippen MR) is 84.1 cm³/mol. The number of anilines is 2. The van der Waals surface area contributed by atoms with Gasteiger partial charge in [-0.3, -0.25) is 0 Å². The standard InChI is InChI=1S/C14H10Cl2N2S/c1-8-2-3-12-13(4-8)19-14(18-12)17-11-6-9(15)5-10(16)7-11/h2-7H,1H3,(H,17,18). The summed E-state index contributed by atoms with van der Waals surface area (Å²) < 4.78 is 1.16. The maximum atomic E-state index is 5.97. The molecule has 0 radical (unpaired) electrons. The van der Waals surface area contributed by atoms with Crippen molar-refractivity contribution < 1.29 is 0 Å². The van der Waals surface area contributed by atoms with E-state index < -0.39 is 0 Å². The average molecular weight is 309 g/mol. The fourth-order valence-corrected chi connectivity index (χ4v) is 3.35. The molecule has 0 aliphatic carbocycles. The fourth-order valence-electron chi connectivity index (χ4n) is 1.83. The van der Waals surface area contributed by atoms with Crippen molar-refractivity contribution in [3.63, 3.8) is 0 Å². The fraction of sp³-hybridized carbons (Fsp3) is 0.0714. The minimum atomic E-state index is 0.604. The summed E-state index contributed by atoms with van der Waals surface area (Å²) in [6.07, 6.45) is 0. The first-order chi connectivity index (χ1) is 9.10. The number of thiazole rings is 1. The van der Waals surface area contributed by atoms with Gasteiger partial charge in [0.15, 0.2) is 5.13 Å². The van der Waals surface area contributed by atoms with Gasteiger partial charge in [-0.05, 0) is 42.8 Å². The van der Waals surface area contributed by atoms with Gasteiger partial charge in [0.25, 0.3) is 0 Å². The van der Waals surface area contributed by atoms with E-state index in [1.165, 1.54) is 5.56 Å². The molecule has 1 N–H and O–H groups in total. The quantitative estimate of drug-likeness (QED) is 0.661. The number of rotatable bonds is 2. The van der Waals surface area contributed by atoms with Crippen LogP contribution in [0.1, 0.15) is 5.56 Å². The molecule has 3 aromatic rings. The Balaban J connectivity index is 1.96. The molecule has 0 spiro atoms. The Labute approximate surface area is 125 Å². The molecular weight excluding hydrogens is 299 g/mol. The van der Waals surface area contributed by atoms with Crippen LogP contribution in [0.25, 0.3) is 10.2 Å². The number of hydrogen-bond acceptors (Lipinski definition) is 3. The molecule has 0 bridgehead atoms.